The summed E-state index contributed by atoms with van der Waals surface area (Å²) < 4.78 is 0. The second-order valence-corrected chi connectivity index (χ2v) is 10.0. The summed E-state index contributed by atoms with van der Waals surface area (Å²) in [6.07, 6.45) is 0. The maximum absolute atomic E-state index is 13.2. The predicted molar refractivity (Wildman–Crippen MR) is 116 cm³/mol. The van der Waals surface area contributed by atoms with Crippen molar-refractivity contribution in [1.29, 1.82) is 0 Å². The van der Waals surface area contributed by atoms with Crippen molar-refractivity contribution >= 4 is 28.8 Å². The molecule has 1 aromatic heterocycles. The number of benzene rings is 1. The standard InChI is InChI=1S/C22H28N4O2S/c1-15-13-29-18(23-15)12-26-20(27)16-6-5-7-17(19(16)21(26)28)25-10-8-24(9-11-25)14-22(2,3)4/h5-7,13H,8-12,14H2,1-4H3. The highest BCUT2D eigenvalue weighted by atomic mass is 32.1. The maximum Gasteiger partial charge on any atom is 0.264 e. The van der Waals surface area contributed by atoms with Gasteiger partial charge in [-0.3, -0.25) is 19.4 Å². The van der Waals surface area contributed by atoms with Gasteiger partial charge in [0.2, 0.25) is 0 Å². The van der Waals surface area contributed by atoms with Gasteiger partial charge >= 0.3 is 0 Å². The Morgan fingerprint density at radius 3 is 2.41 bits per heavy atom. The van der Waals surface area contributed by atoms with E-state index in [4.69, 9.17) is 0 Å². The summed E-state index contributed by atoms with van der Waals surface area (Å²) in [5.41, 5.74) is 3.13. The number of hydrogen-bond donors (Lipinski definition) is 0. The highest BCUT2D eigenvalue weighted by Crippen LogP contribution is 2.33. The van der Waals surface area contributed by atoms with Crippen LogP contribution in [0.15, 0.2) is 23.6 Å². The van der Waals surface area contributed by atoms with Crippen molar-refractivity contribution in [3.63, 3.8) is 0 Å². The van der Waals surface area contributed by atoms with Crippen LogP contribution in [0.1, 0.15) is 52.2 Å². The lowest BCUT2D eigenvalue weighted by molar-refractivity contribution is 0.0642. The van der Waals surface area contributed by atoms with Crippen LogP contribution in [-0.4, -0.2) is 59.3 Å². The van der Waals surface area contributed by atoms with Crippen molar-refractivity contribution in [3.05, 3.63) is 45.4 Å². The van der Waals surface area contributed by atoms with E-state index in [0.717, 1.165) is 49.1 Å². The average molecular weight is 413 g/mol. The number of thiazole rings is 1. The molecule has 0 aliphatic carbocycles. The van der Waals surface area contributed by atoms with Gasteiger partial charge in [-0.25, -0.2) is 4.98 Å². The molecule has 0 atom stereocenters. The van der Waals surface area contributed by atoms with Crippen molar-refractivity contribution < 1.29 is 9.59 Å². The van der Waals surface area contributed by atoms with Crippen molar-refractivity contribution in [1.82, 2.24) is 14.8 Å². The van der Waals surface area contributed by atoms with Crippen LogP contribution in [0.3, 0.4) is 0 Å². The Labute approximate surface area is 176 Å². The lowest BCUT2D eigenvalue weighted by atomic mass is 9.95. The first kappa shape index (κ1) is 20.0. The lowest BCUT2D eigenvalue weighted by Crippen LogP contribution is -2.49. The summed E-state index contributed by atoms with van der Waals surface area (Å²) in [5, 5.41) is 2.73. The molecule has 0 saturated carbocycles. The molecule has 29 heavy (non-hydrogen) atoms. The van der Waals surface area contributed by atoms with Gasteiger partial charge < -0.3 is 4.90 Å². The number of carbonyl (C=O) groups is 2. The van der Waals surface area contributed by atoms with Crippen LogP contribution in [0.25, 0.3) is 0 Å². The summed E-state index contributed by atoms with van der Waals surface area (Å²) >= 11 is 1.48. The molecule has 2 amide bonds. The molecule has 1 saturated heterocycles. The first-order valence-corrected chi connectivity index (χ1v) is 11.0. The van der Waals surface area contributed by atoms with Gasteiger partial charge in [-0.2, -0.15) is 0 Å². The van der Waals surface area contributed by atoms with Crippen LogP contribution in [0, 0.1) is 12.3 Å². The molecule has 2 aliphatic rings. The van der Waals surface area contributed by atoms with Gasteiger partial charge in [0, 0.05) is 43.8 Å². The predicted octanol–water partition coefficient (Wildman–Crippen LogP) is 3.42. The van der Waals surface area contributed by atoms with E-state index < -0.39 is 0 Å². The van der Waals surface area contributed by atoms with Crippen LogP contribution in [0.5, 0.6) is 0 Å². The largest absolute Gasteiger partial charge is 0.368 e. The van der Waals surface area contributed by atoms with Crippen LogP contribution in [0.4, 0.5) is 5.69 Å². The fourth-order valence-corrected chi connectivity index (χ4v) is 4.91. The number of hydrogen-bond acceptors (Lipinski definition) is 6. The van der Waals surface area contributed by atoms with Crippen LogP contribution in [0.2, 0.25) is 0 Å². The first-order valence-electron chi connectivity index (χ1n) is 10.1. The molecule has 0 radical (unpaired) electrons. The molecule has 0 unspecified atom stereocenters. The minimum absolute atomic E-state index is 0.203. The molecule has 1 aromatic carbocycles. The van der Waals surface area contributed by atoms with Crippen molar-refractivity contribution in [2.45, 2.75) is 34.2 Å². The number of anilines is 1. The Bertz CT molecular complexity index is 939. The Morgan fingerprint density at radius 1 is 1.07 bits per heavy atom. The van der Waals surface area contributed by atoms with E-state index in [2.05, 4.69) is 35.6 Å². The molecule has 1 fully saturated rings. The third-order valence-electron chi connectivity index (χ3n) is 5.35. The van der Waals surface area contributed by atoms with Crippen LogP contribution < -0.4 is 4.90 Å². The zero-order chi connectivity index (χ0) is 20.8. The van der Waals surface area contributed by atoms with Crippen molar-refractivity contribution in [2.75, 3.05) is 37.6 Å². The van der Waals surface area contributed by atoms with Gasteiger partial charge in [0.15, 0.2) is 0 Å². The SMILES string of the molecule is Cc1csc(CN2C(=O)c3cccc(N4CCN(CC(C)(C)C)CC4)c3C2=O)n1. The Balaban J connectivity index is 1.53. The summed E-state index contributed by atoms with van der Waals surface area (Å²) in [7, 11) is 0. The molecule has 6 nitrogen and oxygen atoms in total. The maximum atomic E-state index is 13.2. The van der Waals surface area contributed by atoms with Crippen LogP contribution in [-0.2, 0) is 6.54 Å². The second kappa shape index (κ2) is 7.54. The van der Waals surface area contributed by atoms with Crippen LogP contribution >= 0.6 is 11.3 Å². The monoisotopic (exact) mass is 412 g/mol. The molecule has 4 rings (SSSR count). The van der Waals surface area contributed by atoms with E-state index >= 15 is 0 Å². The molecule has 0 N–H and O–H groups in total. The molecule has 0 bridgehead atoms. The molecule has 0 spiro atoms. The fourth-order valence-electron chi connectivity index (χ4n) is 4.15. The molecule has 2 aliphatic heterocycles. The van der Waals surface area contributed by atoms with E-state index in [9.17, 15) is 9.59 Å². The number of imide groups is 1. The van der Waals surface area contributed by atoms with Crippen molar-refractivity contribution in [3.8, 4) is 0 Å². The van der Waals surface area contributed by atoms with E-state index in [1.165, 1.54) is 16.2 Å². The van der Waals surface area contributed by atoms with Gasteiger partial charge in [0.05, 0.1) is 23.4 Å². The molecule has 154 valence electrons. The van der Waals surface area contributed by atoms with Gasteiger partial charge in [-0.1, -0.05) is 26.8 Å². The topological polar surface area (TPSA) is 56.8 Å². The zero-order valence-corrected chi connectivity index (χ0v) is 18.4. The Hall–Kier alpha value is -2.25. The van der Waals surface area contributed by atoms with Gasteiger partial charge in [-0.05, 0) is 24.5 Å². The summed E-state index contributed by atoms with van der Waals surface area (Å²) in [4.78, 5) is 36.6. The van der Waals surface area contributed by atoms with Crippen molar-refractivity contribution in [2.24, 2.45) is 5.41 Å². The minimum Gasteiger partial charge on any atom is -0.368 e. The minimum atomic E-state index is -0.217. The fraction of sp³-hybridized carbons (Fsp3) is 0.500. The number of nitrogens with zero attached hydrogens (tertiary/aromatic N) is 4. The third kappa shape index (κ3) is 4.07. The number of aryl methyl sites for hydroxylation is 1. The lowest BCUT2D eigenvalue weighted by Gasteiger charge is -2.39. The molecule has 2 aromatic rings. The molecular weight excluding hydrogens is 384 g/mol. The zero-order valence-electron chi connectivity index (χ0n) is 17.6. The molecular formula is C22H28N4O2S. The molecule has 3 heterocycles. The number of amides is 2. The Morgan fingerprint density at radius 2 is 1.79 bits per heavy atom. The number of aromatic nitrogens is 1. The van der Waals surface area contributed by atoms with Gasteiger partial charge in [0.1, 0.15) is 5.01 Å². The van der Waals surface area contributed by atoms with Gasteiger partial charge in [0.25, 0.3) is 11.8 Å². The molecule has 7 heteroatoms. The number of piperazine rings is 1. The summed E-state index contributed by atoms with van der Waals surface area (Å²) in [6, 6.07) is 5.63. The average Bonchev–Trinajstić information content (AvgIpc) is 3.18. The highest BCUT2D eigenvalue weighted by Gasteiger charge is 2.39. The van der Waals surface area contributed by atoms with E-state index in [1.54, 1.807) is 6.07 Å². The van der Waals surface area contributed by atoms with Gasteiger partial charge in [-0.15, -0.1) is 11.3 Å². The van der Waals surface area contributed by atoms with E-state index in [0.29, 0.717) is 11.1 Å². The number of rotatable bonds is 4. The number of carbonyl (C=O) groups excluding carboxylic acids is 2. The smallest absolute Gasteiger partial charge is 0.264 e. The van der Waals surface area contributed by atoms with E-state index in [1.807, 2.05) is 24.4 Å². The summed E-state index contributed by atoms with van der Waals surface area (Å²) in [6.45, 7) is 13.6. The number of fused-ring (bicyclic) bond motifs is 1. The third-order valence-corrected chi connectivity index (χ3v) is 6.30. The second-order valence-electron chi connectivity index (χ2n) is 9.10. The first-order chi connectivity index (χ1) is 13.7. The Kier molecular flexibility index (Phi) is 5.21. The highest BCUT2D eigenvalue weighted by molar-refractivity contribution is 7.09. The normalized spacial score (nSPS) is 17.9. The summed E-state index contributed by atoms with van der Waals surface area (Å²) in [5.74, 6) is -0.420. The quantitative estimate of drug-likeness (QED) is 0.721. The van der Waals surface area contributed by atoms with E-state index in [-0.39, 0.29) is 23.8 Å².